The first-order chi connectivity index (χ1) is 15.1. The number of nitrogens with one attached hydrogen (secondary N) is 1. The SMILES string of the molecule is CN(c1ncnc2[nH]ccc12)C1CCN(C(=O)c2ccc(-c3ccn(C)n3)cc2)CC1. The van der Waals surface area contributed by atoms with Gasteiger partial charge in [0.05, 0.1) is 11.1 Å². The van der Waals surface area contributed by atoms with Gasteiger partial charge in [0.2, 0.25) is 0 Å². The van der Waals surface area contributed by atoms with Gasteiger partial charge < -0.3 is 14.8 Å². The summed E-state index contributed by atoms with van der Waals surface area (Å²) in [5, 5.41) is 5.44. The second-order valence-electron chi connectivity index (χ2n) is 8.02. The molecule has 0 saturated carbocycles. The summed E-state index contributed by atoms with van der Waals surface area (Å²) in [6, 6.07) is 12.0. The van der Waals surface area contributed by atoms with Crippen molar-refractivity contribution < 1.29 is 4.79 Å². The van der Waals surface area contributed by atoms with E-state index in [4.69, 9.17) is 0 Å². The van der Waals surface area contributed by atoms with Crippen LogP contribution in [0.1, 0.15) is 23.2 Å². The molecule has 8 nitrogen and oxygen atoms in total. The molecule has 0 radical (unpaired) electrons. The first-order valence-corrected chi connectivity index (χ1v) is 10.5. The molecule has 1 amide bonds. The molecule has 0 unspecified atom stereocenters. The fourth-order valence-electron chi connectivity index (χ4n) is 4.30. The maximum Gasteiger partial charge on any atom is 0.253 e. The molecule has 1 aliphatic heterocycles. The van der Waals surface area contributed by atoms with Gasteiger partial charge in [-0.15, -0.1) is 0 Å². The zero-order valence-corrected chi connectivity index (χ0v) is 17.7. The van der Waals surface area contributed by atoms with E-state index in [2.05, 4.69) is 32.0 Å². The summed E-state index contributed by atoms with van der Waals surface area (Å²) < 4.78 is 1.78. The number of amides is 1. The van der Waals surface area contributed by atoms with Gasteiger partial charge in [0.15, 0.2) is 0 Å². The molecule has 1 fully saturated rings. The summed E-state index contributed by atoms with van der Waals surface area (Å²) in [6.45, 7) is 1.47. The van der Waals surface area contributed by atoms with E-state index in [9.17, 15) is 4.79 Å². The third kappa shape index (κ3) is 3.65. The summed E-state index contributed by atoms with van der Waals surface area (Å²) in [6.07, 6.45) is 7.21. The van der Waals surface area contributed by atoms with Crippen molar-refractivity contribution in [2.24, 2.45) is 7.05 Å². The third-order valence-electron chi connectivity index (χ3n) is 6.11. The van der Waals surface area contributed by atoms with Crippen molar-refractivity contribution in [3.63, 3.8) is 0 Å². The Morgan fingerprint density at radius 3 is 2.58 bits per heavy atom. The van der Waals surface area contributed by atoms with E-state index >= 15 is 0 Å². The van der Waals surface area contributed by atoms with Gasteiger partial charge in [-0.05, 0) is 37.1 Å². The Kier molecular flexibility index (Phi) is 4.89. The largest absolute Gasteiger partial charge is 0.356 e. The number of carbonyl (C=O) groups excluding carboxylic acids is 1. The van der Waals surface area contributed by atoms with Crippen molar-refractivity contribution >= 4 is 22.8 Å². The first-order valence-electron chi connectivity index (χ1n) is 10.5. The van der Waals surface area contributed by atoms with Gasteiger partial charge in [0.1, 0.15) is 17.8 Å². The minimum atomic E-state index is 0.0868. The molecule has 0 bridgehead atoms. The molecule has 3 aromatic heterocycles. The second kappa shape index (κ2) is 7.86. The molecule has 1 aromatic carbocycles. The number of carbonyl (C=O) groups is 1. The van der Waals surface area contributed by atoms with Crippen LogP contribution < -0.4 is 4.90 Å². The summed E-state index contributed by atoms with van der Waals surface area (Å²) in [7, 11) is 3.97. The molecular weight excluding hydrogens is 390 g/mol. The number of nitrogens with zero attached hydrogens (tertiary/aromatic N) is 6. The minimum absolute atomic E-state index is 0.0868. The Morgan fingerprint density at radius 1 is 1.10 bits per heavy atom. The minimum Gasteiger partial charge on any atom is -0.356 e. The summed E-state index contributed by atoms with van der Waals surface area (Å²) in [5.74, 6) is 1.02. The Labute approximate surface area is 180 Å². The molecule has 158 valence electrons. The van der Waals surface area contributed by atoms with E-state index in [1.165, 1.54) is 0 Å². The van der Waals surface area contributed by atoms with E-state index in [1.807, 2.05) is 60.7 Å². The van der Waals surface area contributed by atoms with Crippen LogP contribution in [0.4, 0.5) is 5.82 Å². The number of hydrogen-bond acceptors (Lipinski definition) is 5. The summed E-state index contributed by atoms with van der Waals surface area (Å²) >= 11 is 0. The average molecular weight is 416 g/mol. The zero-order valence-electron chi connectivity index (χ0n) is 17.7. The maximum absolute atomic E-state index is 13.0. The normalized spacial score (nSPS) is 14.8. The van der Waals surface area contributed by atoms with Gasteiger partial charge in [-0.3, -0.25) is 9.48 Å². The standard InChI is InChI=1S/C23H25N7O/c1-28-12-10-20(27-28)16-3-5-17(6-4-16)23(31)30-13-8-18(9-14-30)29(2)22-19-7-11-24-21(19)25-15-26-22/h3-7,10-12,15,18H,8-9,13-14H2,1-2H3,(H,24,25,26). The molecular formula is C23H25N7O. The van der Waals surface area contributed by atoms with Gasteiger partial charge in [-0.2, -0.15) is 5.10 Å². The van der Waals surface area contributed by atoms with Gasteiger partial charge in [-0.1, -0.05) is 12.1 Å². The fraction of sp³-hybridized carbons (Fsp3) is 0.304. The first kappa shape index (κ1) is 19.3. The number of anilines is 1. The van der Waals surface area contributed by atoms with E-state index in [1.54, 1.807) is 11.0 Å². The average Bonchev–Trinajstić information content (AvgIpc) is 3.47. The highest BCUT2D eigenvalue weighted by Crippen LogP contribution is 2.27. The van der Waals surface area contributed by atoms with Crippen molar-refractivity contribution in [3.05, 3.63) is 60.7 Å². The zero-order chi connectivity index (χ0) is 21.4. The monoisotopic (exact) mass is 415 g/mol. The number of hydrogen-bond donors (Lipinski definition) is 1. The lowest BCUT2D eigenvalue weighted by Crippen LogP contribution is -2.46. The van der Waals surface area contributed by atoms with Gasteiger partial charge in [0, 0.05) is 56.7 Å². The van der Waals surface area contributed by atoms with Crippen molar-refractivity contribution in [2.45, 2.75) is 18.9 Å². The second-order valence-corrected chi connectivity index (χ2v) is 8.02. The number of benzene rings is 1. The predicted molar refractivity (Wildman–Crippen MR) is 120 cm³/mol. The Bertz CT molecular complexity index is 1200. The number of aromatic amines is 1. The predicted octanol–water partition coefficient (Wildman–Crippen LogP) is 3.10. The van der Waals surface area contributed by atoms with E-state index < -0.39 is 0 Å². The lowest BCUT2D eigenvalue weighted by atomic mass is 10.0. The van der Waals surface area contributed by atoms with Crippen molar-refractivity contribution in [1.82, 2.24) is 29.6 Å². The Balaban J connectivity index is 1.24. The molecule has 0 atom stereocenters. The molecule has 1 N–H and O–H groups in total. The highest BCUT2D eigenvalue weighted by atomic mass is 16.2. The van der Waals surface area contributed by atoms with Crippen LogP contribution in [0.3, 0.4) is 0 Å². The van der Waals surface area contributed by atoms with Crippen LogP contribution >= 0.6 is 0 Å². The number of fused-ring (bicyclic) bond motifs is 1. The summed E-state index contributed by atoms with van der Waals surface area (Å²) in [5.41, 5.74) is 3.49. The molecule has 31 heavy (non-hydrogen) atoms. The van der Waals surface area contributed by atoms with Crippen LogP contribution in [-0.4, -0.2) is 61.7 Å². The molecule has 0 spiro atoms. The maximum atomic E-state index is 13.0. The lowest BCUT2D eigenvalue weighted by Gasteiger charge is -2.37. The Morgan fingerprint density at radius 2 is 1.87 bits per heavy atom. The van der Waals surface area contributed by atoms with Crippen LogP contribution in [0.25, 0.3) is 22.3 Å². The highest BCUT2D eigenvalue weighted by molar-refractivity contribution is 5.94. The number of piperidine rings is 1. The summed E-state index contributed by atoms with van der Waals surface area (Å²) in [4.78, 5) is 29.1. The van der Waals surface area contributed by atoms with Gasteiger partial charge in [0.25, 0.3) is 5.91 Å². The lowest BCUT2D eigenvalue weighted by molar-refractivity contribution is 0.0713. The van der Waals surface area contributed by atoms with Crippen LogP contribution in [0, 0.1) is 0 Å². The van der Waals surface area contributed by atoms with Crippen molar-refractivity contribution in [2.75, 3.05) is 25.0 Å². The number of H-pyrrole nitrogens is 1. The van der Waals surface area contributed by atoms with E-state index in [0.717, 1.165) is 59.6 Å². The fourth-order valence-corrected chi connectivity index (χ4v) is 4.30. The number of aromatic nitrogens is 5. The molecule has 4 heterocycles. The van der Waals surface area contributed by atoms with Gasteiger partial charge in [-0.25, -0.2) is 9.97 Å². The third-order valence-corrected chi connectivity index (χ3v) is 6.11. The van der Waals surface area contributed by atoms with Crippen molar-refractivity contribution in [3.8, 4) is 11.3 Å². The van der Waals surface area contributed by atoms with Gasteiger partial charge >= 0.3 is 0 Å². The van der Waals surface area contributed by atoms with Crippen molar-refractivity contribution in [1.29, 1.82) is 0 Å². The number of aryl methyl sites for hydroxylation is 1. The number of rotatable bonds is 4. The van der Waals surface area contributed by atoms with E-state index in [-0.39, 0.29) is 5.91 Å². The van der Waals surface area contributed by atoms with Crippen LogP contribution in [-0.2, 0) is 7.05 Å². The van der Waals surface area contributed by atoms with E-state index in [0.29, 0.717) is 6.04 Å². The van der Waals surface area contributed by atoms with Crippen LogP contribution in [0.5, 0.6) is 0 Å². The quantitative estimate of drug-likeness (QED) is 0.554. The topological polar surface area (TPSA) is 82.9 Å². The Hall–Kier alpha value is -3.68. The molecule has 5 rings (SSSR count). The van der Waals surface area contributed by atoms with Crippen LogP contribution in [0.15, 0.2) is 55.1 Å². The molecule has 1 aliphatic rings. The molecule has 8 heteroatoms. The van der Waals surface area contributed by atoms with Crippen LogP contribution in [0.2, 0.25) is 0 Å². The highest BCUT2D eigenvalue weighted by Gasteiger charge is 2.27. The smallest absolute Gasteiger partial charge is 0.253 e. The molecule has 0 aliphatic carbocycles. The molecule has 4 aromatic rings. The molecule has 1 saturated heterocycles. The number of likely N-dealkylation sites (tertiary alicyclic amines) is 1.